The molecule has 0 aromatic carbocycles. The average Bonchev–Trinajstić information content (AvgIpc) is 2.68. The Labute approximate surface area is 65.0 Å². The summed E-state index contributed by atoms with van der Waals surface area (Å²) < 4.78 is 0. The van der Waals surface area contributed by atoms with Gasteiger partial charge in [0.05, 0.1) is 5.02 Å². The first-order valence-corrected chi connectivity index (χ1v) is 3.84. The first-order valence-electron chi connectivity index (χ1n) is 3.47. The van der Waals surface area contributed by atoms with Crippen LogP contribution in [-0.2, 0) is 0 Å². The normalized spacial score (nSPS) is 17.3. The van der Waals surface area contributed by atoms with Crippen LogP contribution >= 0.6 is 11.6 Å². The molecule has 1 aromatic rings. The highest BCUT2D eigenvalue weighted by molar-refractivity contribution is 6.30. The van der Waals surface area contributed by atoms with Gasteiger partial charge in [-0.15, -0.1) is 0 Å². The summed E-state index contributed by atoms with van der Waals surface area (Å²) in [6, 6.07) is 2.01. The summed E-state index contributed by atoms with van der Waals surface area (Å²) in [5, 5.41) is 0.754. The third-order valence-electron chi connectivity index (χ3n) is 1.77. The lowest BCUT2D eigenvalue weighted by molar-refractivity contribution is 1.09. The minimum atomic E-state index is 0.754. The van der Waals surface area contributed by atoms with Crippen LogP contribution in [0.3, 0.4) is 0 Å². The van der Waals surface area contributed by atoms with Crippen molar-refractivity contribution in [2.75, 3.05) is 0 Å². The number of aromatic nitrogens is 1. The van der Waals surface area contributed by atoms with Crippen molar-refractivity contribution in [2.24, 2.45) is 0 Å². The molecule has 0 amide bonds. The third kappa shape index (κ3) is 1.14. The van der Waals surface area contributed by atoms with Gasteiger partial charge in [0.25, 0.3) is 0 Å². The standard InChI is InChI=1S/C8H8ClN/c9-8-3-7(4-10-5-8)6-1-2-6/h3-6H,1-2H2. The number of hydrogen-bond donors (Lipinski definition) is 0. The number of hydrogen-bond acceptors (Lipinski definition) is 1. The van der Waals surface area contributed by atoms with Gasteiger partial charge in [-0.2, -0.15) is 0 Å². The SMILES string of the molecule is Clc1cncc(C2CC2)c1. The van der Waals surface area contributed by atoms with Gasteiger partial charge < -0.3 is 0 Å². The zero-order valence-electron chi connectivity index (χ0n) is 5.55. The van der Waals surface area contributed by atoms with E-state index in [1.54, 1.807) is 6.20 Å². The quantitative estimate of drug-likeness (QED) is 0.605. The minimum Gasteiger partial charge on any atom is -0.263 e. The molecule has 1 fully saturated rings. The Hall–Kier alpha value is -0.560. The highest BCUT2D eigenvalue weighted by Gasteiger charge is 2.23. The lowest BCUT2D eigenvalue weighted by Crippen LogP contribution is -1.80. The monoisotopic (exact) mass is 153 g/mol. The van der Waals surface area contributed by atoms with E-state index in [2.05, 4.69) is 4.98 Å². The molecule has 1 nitrogen and oxygen atoms in total. The van der Waals surface area contributed by atoms with Gasteiger partial charge in [0.15, 0.2) is 0 Å². The first kappa shape index (κ1) is 6.17. The van der Waals surface area contributed by atoms with Gasteiger partial charge in [-0.05, 0) is 30.4 Å². The van der Waals surface area contributed by atoms with Crippen molar-refractivity contribution in [3.8, 4) is 0 Å². The Morgan fingerprint density at radius 1 is 1.40 bits per heavy atom. The van der Waals surface area contributed by atoms with Gasteiger partial charge in [-0.3, -0.25) is 4.98 Å². The van der Waals surface area contributed by atoms with Crippen LogP contribution in [0.2, 0.25) is 5.02 Å². The minimum absolute atomic E-state index is 0.754. The second kappa shape index (κ2) is 2.24. The fourth-order valence-corrected chi connectivity index (χ4v) is 1.25. The van der Waals surface area contributed by atoms with Crippen molar-refractivity contribution in [3.63, 3.8) is 0 Å². The van der Waals surface area contributed by atoms with E-state index >= 15 is 0 Å². The van der Waals surface area contributed by atoms with E-state index in [4.69, 9.17) is 11.6 Å². The Kier molecular flexibility index (Phi) is 1.38. The van der Waals surface area contributed by atoms with E-state index in [-0.39, 0.29) is 0 Å². The molecule has 1 aromatic heterocycles. The molecule has 1 saturated carbocycles. The number of nitrogens with zero attached hydrogens (tertiary/aromatic N) is 1. The van der Waals surface area contributed by atoms with Crippen LogP contribution < -0.4 is 0 Å². The molecule has 10 heavy (non-hydrogen) atoms. The largest absolute Gasteiger partial charge is 0.263 e. The Morgan fingerprint density at radius 2 is 2.20 bits per heavy atom. The van der Waals surface area contributed by atoms with Crippen molar-refractivity contribution in [1.29, 1.82) is 0 Å². The topological polar surface area (TPSA) is 12.9 Å². The van der Waals surface area contributed by atoms with Crippen LogP contribution in [0.4, 0.5) is 0 Å². The van der Waals surface area contributed by atoms with Crippen LogP contribution in [0, 0.1) is 0 Å². The molecule has 0 bridgehead atoms. The molecule has 1 heterocycles. The molecule has 2 rings (SSSR count). The third-order valence-corrected chi connectivity index (χ3v) is 1.98. The number of rotatable bonds is 1. The van der Waals surface area contributed by atoms with E-state index in [0.29, 0.717) is 0 Å². The van der Waals surface area contributed by atoms with E-state index in [1.807, 2.05) is 12.3 Å². The molecule has 2 heteroatoms. The number of halogens is 1. The molecule has 0 N–H and O–H groups in total. The smallest absolute Gasteiger partial charge is 0.0592 e. The molecule has 52 valence electrons. The fourth-order valence-electron chi connectivity index (χ4n) is 1.07. The predicted octanol–water partition coefficient (Wildman–Crippen LogP) is 2.61. The van der Waals surface area contributed by atoms with Crippen molar-refractivity contribution in [3.05, 3.63) is 29.0 Å². The van der Waals surface area contributed by atoms with Gasteiger partial charge in [-0.25, -0.2) is 0 Å². The van der Waals surface area contributed by atoms with E-state index in [0.717, 1.165) is 10.9 Å². The van der Waals surface area contributed by atoms with E-state index in [9.17, 15) is 0 Å². The summed E-state index contributed by atoms with van der Waals surface area (Å²) in [5.41, 5.74) is 1.30. The van der Waals surface area contributed by atoms with E-state index < -0.39 is 0 Å². The zero-order valence-corrected chi connectivity index (χ0v) is 6.30. The second-order valence-electron chi connectivity index (χ2n) is 2.71. The highest BCUT2D eigenvalue weighted by atomic mass is 35.5. The summed E-state index contributed by atoms with van der Waals surface area (Å²) >= 11 is 5.75. The second-order valence-corrected chi connectivity index (χ2v) is 3.15. The molecule has 0 atom stereocenters. The van der Waals surface area contributed by atoms with Crippen molar-refractivity contribution >= 4 is 11.6 Å². The summed E-state index contributed by atoms with van der Waals surface area (Å²) in [7, 11) is 0. The zero-order chi connectivity index (χ0) is 6.97. The molecule has 0 spiro atoms. The summed E-state index contributed by atoms with van der Waals surface area (Å²) in [6.45, 7) is 0. The van der Waals surface area contributed by atoms with Gasteiger partial charge in [0.1, 0.15) is 0 Å². The average molecular weight is 154 g/mol. The molecular weight excluding hydrogens is 146 g/mol. The Bertz CT molecular complexity index is 243. The maximum absolute atomic E-state index is 5.75. The van der Waals surface area contributed by atoms with Crippen LogP contribution in [0.25, 0.3) is 0 Å². The molecule has 0 saturated heterocycles. The van der Waals surface area contributed by atoms with Gasteiger partial charge in [0, 0.05) is 12.4 Å². The highest BCUT2D eigenvalue weighted by Crippen LogP contribution is 2.40. The van der Waals surface area contributed by atoms with Crippen LogP contribution in [0.1, 0.15) is 24.3 Å². The Morgan fingerprint density at radius 3 is 2.80 bits per heavy atom. The number of pyridine rings is 1. The van der Waals surface area contributed by atoms with Crippen molar-refractivity contribution in [2.45, 2.75) is 18.8 Å². The molecular formula is C8H8ClN. The summed E-state index contributed by atoms with van der Waals surface area (Å²) in [6.07, 6.45) is 6.20. The molecule has 1 aliphatic rings. The van der Waals surface area contributed by atoms with Gasteiger partial charge in [-0.1, -0.05) is 11.6 Å². The van der Waals surface area contributed by atoms with Crippen LogP contribution in [0.15, 0.2) is 18.5 Å². The predicted molar refractivity (Wildman–Crippen MR) is 41.2 cm³/mol. The first-order chi connectivity index (χ1) is 4.86. The van der Waals surface area contributed by atoms with Gasteiger partial charge >= 0.3 is 0 Å². The van der Waals surface area contributed by atoms with Crippen LogP contribution in [-0.4, -0.2) is 4.98 Å². The Balaban J connectivity index is 2.32. The molecule has 1 aliphatic carbocycles. The maximum atomic E-state index is 5.75. The van der Waals surface area contributed by atoms with Crippen molar-refractivity contribution < 1.29 is 0 Å². The van der Waals surface area contributed by atoms with Crippen molar-refractivity contribution in [1.82, 2.24) is 4.98 Å². The fraction of sp³-hybridized carbons (Fsp3) is 0.375. The maximum Gasteiger partial charge on any atom is 0.0592 e. The van der Waals surface area contributed by atoms with Gasteiger partial charge in [0.2, 0.25) is 0 Å². The lowest BCUT2D eigenvalue weighted by Gasteiger charge is -1.94. The summed E-state index contributed by atoms with van der Waals surface area (Å²) in [5.74, 6) is 0.756. The molecule has 0 radical (unpaired) electrons. The molecule has 0 unspecified atom stereocenters. The van der Waals surface area contributed by atoms with Crippen LogP contribution in [0.5, 0.6) is 0 Å². The lowest BCUT2D eigenvalue weighted by atomic mass is 10.2. The molecule has 0 aliphatic heterocycles. The van der Waals surface area contributed by atoms with E-state index in [1.165, 1.54) is 18.4 Å². The summed E-state index contributed by atoms with van der Waals surface area (Å²) in [4.78, 5) is 4.01.